The van der Waals surface area contributed by atoms with Crippen LogP contribution in [0.1, 0.15) is 111 Å². The van der Waals surface area contributed by atoms with Crippen molar-refractivity contribution in [2.75, 3.05) is 38.2 Å². The van der Waals surface area contributed by atoms with Gasteiger partial charge in [0, 0.05) is 36.2 Å². The predicted molar refractivity (Wildman–Crippen MR) is 193 cm³/mol. The van der Waals surface area contributed by atoms with Gasteiger partial charge in [-0.1, -0.05) is 58.6 Å². The number of carbonyl (C=O) groups excluding carboxylic acids is 2. The van der Waals surface area contributed by atoms with Crippen LogP contribution < -0.4 is 5.32 Å². The van der Waals surface area contributed by atoms with E-state index in [1.807, 2.05) is 24.3 Å². The maximum Gasteiger partial charge on any atom is 0.230 e. The molecule has 0 aromatic heterocycles. The third-order valence-corrected chi connectivity index (χ3v) is 16.0. The molecule has 7 rings (SSSR count). The first-order valence-corrected chi connectivity index (χ1v) is 19.2. The number of morpholine rings is 1. The number of carbonyl (C=O) groups is 2. The lowest BCUT2D eigenvalue weighted by atomic mass is 9.32. The lowest BCUT2D eigenvalue weighted by molar-refractivity contribution is -0.232. The van der Waals surface area contributed by atoms with Crippen LogP contribution in [-0.2, 0) is 14.3 Å². The molecule has 1 aromatic carbocycles. The summed E-state index contributed by atoms with van der Waals surface area (Å²) in [5, 5.41) is 3.43. The maximum atomic E-state index is 14.6. The largest absolute Gasteiger partial charge is 0.379 e. The Balaban J connectivity index is 1.12. The first kappa shape index (κ1) is 34.0. The van der Waals surface area contributed by atoms with Gasteiger partial charge in [0.25, 0.3) is 0 Å². The Bertz CT molecular complexity index is 1510. The van der Waals surface area contributed by atoms with E-state index in [4.69, 9.17) is 4.74 Å². The lowest BCUT2D eigenvalue weighted by Gasteiger charge is -2.72. The van der Waals surface area contributed by atoms with Gasteiger partial charge in [-0.3, -0.25) is 14.5 Å². The Morgan fingerprint density at radius 1 is 0.917 bits per heavy atom. The Hall–Kier alpha value is -2.42. The molecule has 5 aliphatic carbocycles. The average Bonchev–Trinajstić information content (AvgIpc) is 3.46. The highest BCUT2D eigenvalue weighted by Gasteiger charge is 2.71. The molecule has 6 aliphatic rings. The van der Waals surface area contributed by atoms with Crippen LogP contribution in [0.25, 0.3) is 0 Å². The smallest absolute Gasteiger partial charge is 0.230 e. The molecular weight excluding hydrogens is 592 g/mol. The maximum absolute atomic E-state index is 14.6. The van der Waals surface area contributed by atoms with E-state index in [1.165, 1.54) is 24.8 Å². The number of rotatable bonds is 4. The minimum absolute atomic E-state index is 0.170. The highest BCUT2D eigenvalue weighted by Crippen LogP contribution is 2.77. The highest BCUT2D eigenvalue weighted by atomic mass is 16.5. The molecule has 1 N–H and O–H groups in total. The van der Waals surface area contributed by atoms with Crippen molar-refractivity contribution in [1.82, 2.24) is 4.90 Å². The summed E-state index contributed by atoms with van der Waals surface area (Å²) in [6, 6.07) is 8.14. The van der Waals surface area contributed by atoms with Gasteiger partial charge in [-0.15, -0.1) is 0 Å². The number of ketones is 1. The van der Waals surface area contributed by atoms with Crippen LogP contribution in [0.2, 0.25) is 0 Å². The van der Waals surface area contributed by atoms with Gasteiger partial charge in [-0.05, 0) is 135 Å². The molecule has 5 nitrogen and oxygen atoms in total. The number of ether oxygens (including phenoxy) is 1. The number of hydrogen-bond donors (Lipinski definition) is 1. The van der Waals surface area contributed by atoms with E-state index >= 15 is 0 Å². The average molecular weight is 653 g/mol. The lowest BCUT2D eigenvalue weighted by Crippen LogP contribution is -2.67. The molecule has 1 heterocycles. The Morgan fingerprint density at radius 2 is 1.65 bits per heavy atom. The quantitative estimate of drug-likeness (QED) is 0.262. The van der Waals surface area contributed by atoms with Crippen LogP contribution in [0.3, 0.4) is 0 Å². The van der Waals surface area contributed by atoms with Crippen LogP contribution in [0.4, 0.5) is 5.69 Å². The summed E-state index contributed by atoms with van der Waals surface area (Å²) in [5.74, 6) is 9.63. The number of Topliss-reactive ketones (excluding diaryl/α,β-unsaturated/α-hetero) is 1. The zero-order valence-corrected chi connectivity index (χ0v) is 30.7. The topological polar surface area (TPSA) is 58.6 Å². The van der Waals surface area contributed by atoms with Crippen LogP contribution in [0, 0.1) is 68.5 Å². The van der Waals surface area contributed by atoms with Crippen molar-refractivity contribution in [3.05, 3.63) is 42.0 Å². The second-order valence-corrected chi connectivity index (χ2v) is 18.2. The zero-order chi connectivity index (χ0) is 34.1. The molecule has 6 fully saturated rings. The number of amides is 1. The fraction of sp³-hybridized carbons (Fsp3) is 0.721. The molecule has 0 bridgehead atoms. The van der Waals surface area contributed by atoms with E-state index in [9.17, 15) is 9.59 Å². The van der Waals surface area contributed by atoms with E-state index in [-0.39, 0.29) is 33.0 Å². The van der Waals surface area contributed by atoms with Crippen molar-refractivity contribution in [3.63, 3.8) is 0 Å². The van der Waals surface area contributed by atoms with Crippen molar-refractivity contribution < 1.29 is 14.3 Å². The number of nitrogens with one attached hydrogen (secondary N) is 1. The molecule has 48 heavy (non-hydrogen) atoms. The fourth-order valence-electron chi connectivity index (χ4n) is 13.2. The monoisotopic (exact) mass is 652 g/mol. The number of anilines is 1. The minimum atomic E-state index is -0.353. The molecule has 9 atom stereocenters. The summed E-state index contributed by atoms with van der Waals surface area (Å²) in [6.07, 6.45) is 10.6. The molecular formula is C43H60N2O3. The van der Waals surface area contributed by atoms with Gasteiger partial charge < -0.3 is 10.1 Å². The molecule has 0 unspecified atom stereocenters. The van der Waals surface area contributed by atoms with Crippen molar-refractivity contribution >= 4 is 17.4 Å². The van der Waals surface area contributed by atoms with E-state index in [0.717, 1.165) is 89.0 Å². The third-order valence-electron chi connectivity index (χ3n) is 16.0. The van der Waals surface area contributed by atoms with E-state index in [1.54, 1.807) is 0 Å². The molecule has 1 saturated heterocycles. The second-order valence-electron chi connectivity index (χ2n) is 18.2. The predicted octanol–water partition coefficient (Wildman–Crippen LogP) is 8.54. The standard InChI is InChI=1S/C43H60N2O3/c1-29(2)32-16-21-43(38(47)44-31-12-10-30(11-13-31)9-8-24-45-25-27-48-28-26-45)23-22-41(6)33(37(32)43)14-15-35-40(5)19-18-36(46)39(3,4)34(40)17-20-42(35,41)7/h10-13,32-35,37H,1,14-28H2,2-7H3,(H,44,47)/t32-,33+,34-,35+,37+,40-,41+,42+,43-/m0/s1. The van der Waals surface area contributed by atoms with Crippen LogP contribution in [-0.4, -0.2) is 49.4 Å². The number of allylic oxidation sites excluding steroid dienone is 1. The number of nitrogens with zero attached hydrogens (tertiary/aromatic N) is 1. The normalized spacial score (nSPS) is 41.9. The molecule has 260 valence electrons. The number of hydrogen-bond acceptors (Lipinski definition) is 4. The third kappa shape index (κ3) is 5.09. The summed E-state index contributed by atoms with van der Waals surface area (Å²) in [4.78, 5) is 30.1. The van der Waals surface area contributed by atoms with Gasteiger partial charge in [0.1, 0.15) is 5.78 Å². The molecule has 0 spiro atoms. The van der Waals surface area contributed by atoms with Gasteiger partial charge >= 0.3 is 0 Å². The summed E-state index contributed by atoms with van der Waals surface area (Å²) in [6.45, 7) is 23.3. The van der Waals surface area contributed by atoms with E-state index in [0.29, 0.717) is 35.4 Å². The van der Waals surface area contributed by atoms with Gasteiger partial charge in [0.15, 0.2) is 0 Å². The van der Waals surface area contributed by atoms with Crippen molar-refractivity contribution in [3.8, 4) is 11.8 Å². The first-order chi connectivity index (χ1) is 22.8. The van der Waals surface area contributed by atoms with Gasteiger partial charge in [-0.25, -0.2) is 0 Å². The summed E-state index contributed by atoms with van der Waals surface area (Å²) in [5.41, 5.74) is 3.11. The SMILES string of the molecule is C=C(C)[C@@H]1CC[C@]2(C(=O)Nc3ccc(C#CCN4CCOCC4)cc3)CC[C@]3(C)[C@H](CC[C@@H]4[C@@]5(C)CCC(=O)C(C)(C)[C@@H]5CC[C@]43C)[C@@H]12. The Kier molecular flexibility index (Phi) is 8.60. The summed E-state index contributed by atoms with van der Waals surface area (Å²) in [7, 11) is 0. The Labute approximate surface area is 290 Å². The highest BCUT2D eigenvalue weighted by molar-refractivity contribution is 5.96. The summed E-state index contributed by atoms with van der Waals surface area (Å²) < 4.78 is 5.44. The van der Waals surface area contributed by atoms with Crippen molar-refractivity contribution in [1.29, 1.82) is 0 Å². The molecule has 1 aliphatic heterocycles. The Morgan fingerprint density at radius 3 is 2.35 bits per heavy atom. The van der Waals surface area contributed by atoms with E-state index < -0.39 is 0 Å². The minimum Gasteiger partial charge on any atom is -0.379 e. The van der Waals surface area contributed by atoms with Gasteiger partial charge in [-0.2, -0.15) is 0 Å². The number of fused-ring (bicyclic) bond motifs is 7. The fourth-order valence-corrected chi connectivity index (χ4v) is 13.2. The zero-order valence-electron chi connectivity index (χ0n) is 30.7. The number of benzene rings is 1. The molecule has 0 radical (unpaired) electrons. The molecule has 5 heteroatoms. The van der Waals surface area contributed by atoms with Gasteiger partial charge in [0.05, 0.1) is 25.2 Å². The van der Waals surface area contributed by atoms with Crippen LogP contribution >= 0.6 is 0 Å². The van der Waals surface area contributed by atoms with Crippen LogP contribution in [0.15, 0.2) is 36.4 Å². The van der Waals surface area contributed by atoms with Gasteiger partial charge in [0.2, 0.25) is 5.91 Å². The second kappa shape index (κ2) is 12.1. The molecule has 1 aromatic rings. The first-order valence-electron chi connectivity index (χ1n) is 19.2. The van der Waals surface area contributed by atoms with Crippen molar-refractivity contribution in [2.24, 2.45) is 56.7 Å². The van der Waals surface area contributed by atoms with E-state index in [2.05, 4.69) is 70.2 Å². The van der Waals surface area contributed by atoms with Crippen molar-refractivity contribution in [2.45, 2.75) is 106 Å². The van der Waals surface area contributed by atoms with Crippen LogP contribution in [0.5, 0.6) is 0 Å². The molecule has 5 saturated carbocycles. The summed E-state index contributed by atoms with van der Waals surface area (Å²) >= 11 is 0. The molecule has 1 amide bonds.